The number of anilines is 1. The smallest absolute Gasteiger partial charge is 0.283 e. The molecule has 7 nitrogen and oxygen atoms in total. The number of benzene rings is 2. The van der Waals surface area contributed by atoms with Crippen molar-refractivity contribution < 1.29 is 14.6 Å². The second-order valence-electron chi connectivity index (χ2n) is 6.87. The summed E-state index contributed by atoms with van der Waals surface area (Å²) in [6.07, 6.45) is 0. The van der Waals surface area contributed by atoms with E-state index in [0.717, 1.165) is 22.3 Å². The molecule has 0 aliphatic rings. The van der Waals surface area contributed by atoms with Gasteiger partial charge in [0.05, 0.1) is 19.2 Å². The highest BCUT2D eigenvalue weighted by Crippen LogP contribution is 2.39. The normalized spacial score (nSPS) is 11.4. The summed E-state index contributed by atoms with van der Waals surface area (Å²) in [6.45, 7) is 4.80. The zero-order valence-corrected chi connectivity index (χ0v) is 16.2. The topological polar surface area (TPSA) is 88.2 Å². The van der Waals surface area contributed by atoms with E-state index in [9.17, 15) is 9.90 Å². The number of nitrogens with zero attached hydrogens (tertiary/aromatic N) is 3. The van der Waals surface area contributed by atoms with Gasteiger partial charge >= 0.3 is 0 Å². The van der Waals surface area contributed by atoms with Gasteiger partial charge in [-0.25, -0.2) is 0 Å². The second kappa shape index (κ2) is 8.56. The lowest BCUT2D eigenvalue weighted by Gasteiger charge is -2.09. The van der Waals surface area contributed by atoms with Crippen LogP contribution in [0, 0.1) is 5.92 Å². The van der Waals surface area contributed by atoms with E-state index in [1.165, 1.54) is 0 Å². The molecule has 0 fully saturated rings. The first kappa shape index (κ1) is 19.4. The van der Waals surface area contributed by atoms with Crippen LogP contribution in [0.25, 0.3) is 10.9 Å². The summed E-state index contributed by atoms with van der Waals surface area (Å²) in [4.78, 5) is 12.1. The zero-order valence-electron chi connectivity index (χ0n) is 16.2. The molecule has 0 aliphatic heterocycles. The van der Waals surface area contributed by atoms with E-state index in [2.05, 4.69) is 29.4 Å². The Hall–Kier alpha value is -3.35. The lowest BCUT2D eigenvalue weighted by Crippen LogP contribution is -2.10. The SMILES string of the molecule is COc1ccc(NCC(=O)N=Nc2c(O)n(CC(C)C)c3ccccc23)cc1. The van der Waals surface area contributed by atoms with Gasteiger partial charge in [-0.15, -0.1) is 10.2 Å². The maximum atomic E-state index is 12.1. The number of nitrogens with one attached hydrogen (secondary N) is 1. The minimum atomic E-state index is -0.434. The Morgan fingerprint density at radius 3 is 2.57 bits per heavy atom. The number of ether oxygens (including phenoxy) is 1. The van der Waals surface area contributed by atoms with Crippen molar-refractivity contribution in [1.82, 2.24) is 4.57 Å². The summed E-state index contributed by atoms with van der Waals surface area (Å²) in [7, 11) is 1.60. The third-order valence-electron chi connectivity index (χ3n) is 4.26. The standard InChI is InChI=1S/C21H24N4O3/c1-14(2)13-25-18-7-5-4-6-17(18)20(21(25)27)24-23-19(26)12-22-15-8-10-16(28-3)11-9-15/h4-11,14,22,27H,12-13H2,1-3H3. The van der Waals surface area contributed by atoms with Crippen molar-refractivity contribution in [3.63, 3.8) is 0 Å². The van der Waals surface area contributed by atoms with Crippen molar-refractivity contribution >= 4 is 28.2 Å². The lowest BCUT2D eigenvalue weighted by molar-refractivity contribution is -0.116. The molecule has 3 rings (SSSR count). The highest BCUT2D eigenvalue weighted by molar-refractivity contribution is 5.95. The Morgan fingerprint density at radius 1 is 1.18 bits per heavy atom. The van der Waals surface area contributed by atoms with Crippen molar-refractivity contribution in [1.29, 1.82) is 0 Å². The van der Waals surface area contributed by atoms with E-state index in [4.69, 9.17) is 4.74 Å². The Bertz CT molecular complexity index is 991. The minimum absolute atomic E-state index is 0.00122. The fraction of sp³-hybridized carbons (Fsp3) is 0.286. The molecule has 2 N–H and O–H groups in total. The Kier molecular flexibility index (Phi) is 5.93. The molecule has 0 bridgehead atoms. The molecule has 0 radical (unpaired) electrons. The van der Waals surface area contributed by atoms with Crippen molar-refractivity contribution in [2.24, 2.45) is 16.1 Å². The van der Waals surface area contributed by atoms with Gasteiger partial charge in [-0.3, -0.25) is 4.79 Å². The summed E-state index contributed by atoms with van der Waals surface area (Å²) < 4.78 is 6.90. The largest absolute Gasteiger partial charge is 0.497 e. The number of carbonyl (C=O) groups is 1. The molecule has 1 amide bonds. The molecule has 0 atom stereocenters. The van der Waals surface area contributed by atoms with Crippen LogP contribution in [0.5, 0.6) is 11.6 Å². The van der Waals surface area contributed by atoms with Crippen molar-refractivity contribution in [3.8, 4) is 11.6 Å². The average molecular weight is 380 g/mol. The van der Waals surface area contributed by atoms with Crippen LogP contribution in [-0.4, -0.2) is 29.2 Å². The molecule has 28 heavy (non-hydrogen) atoms. The van der Waals surface area contributed by atoms with E-state index >= 15 is 0 Å². The Balaban J connectivity index is 1.75. The minimum Gasteiger partial charge on any atom is -0.497 e. The average Bonchev–Trinajstić information content (AvgIpc) is 2.96. The third-order valence-corrected chi connectivity index (χ3v) is 4.26. The summed E-state index contributed by atoms with van der Waals surface area (Å²) in [5.41, 5.74) is 1.96. The molecule has 2 aromatic carbocycles. The van der Waals surface area contributed by atoms with Gasteiger partial charge in [0.2, 0.25) is 5.88 Å². The van der Waals surface area contributed by atoms with Gasteiger partial charge in [-0.1, -0.05) is 32.0 Å². The van der Waals surface area contributed by atoms with Crippen LogP contribution in [0.15, 0.2) is 58.8 Å². The predicted molar refractivity (Wildman–Crippen MR) is 109 cm³/mol. The Morgan fingerprint density at radius 2 is 1.89 bits per heavy atom. The first-order chi connectivity index (χ1) is 13.5. The molecule has 7 heteroatoms. The zero-order chi connectivity index (χ0) is 20.1. The number of azo groups is 1. The van der Waals surface area contributed by atoms with Gasteiger partial charge in [0.15, 0.2) is 5.69 Å². The van der Waals surface area contributed by atoms with Crippen LogP contribution < -0.4 is 10.1 Å². The number of methoxy groups -OCH3 is 1. The maximum absolute atomic E-state index is 12.1. The predicted octanol–water partition coefficient (Wildman–Crippen LogP) is 4.73. The Labute approximate surface area is 163 Å². The number of amides is 1. The number of para-hydroxylation sites is 1. The molecule has 0 unspecified atom stereocenters. The van der Waals surface area contributed by atoms with Crippen LogP contribution in [-0.2, 0) is 11.3 Å². The quantitative estimate of drug-likeness (QED) is 0.580. The van der Waals surface area contributed by atoms with Gasteiger partial charge in [-0.2, -0.15) is 0 Å². The molecule has 0 aliphatic carbocycles. The third kappa shape index (κ3) is 4.31. The van der Waals surface area contributed by atoms with E-state index < -0.39 is 5.91 Å². The molecular formula is C21H24N4O3. The van der Waals surface area contributed by atoms with E-state index in [-0.39, 0.29) is 12.4 Å². The highest BCUT2D eigenvalue weighted by atomic mass is 16.5. The molecule has 0 spiro atoms. The lowest BCUT2D eigenvalue weighted by atomic mass is 10.2. The molecule has 1 aromatic heterocycles. The molecule has 0 saturated carbocycles. The van der Waals surface area contributed by atoms with Crippen LogP contribution in [0.1, 0.15) is 13.8 Å². The van der Waals surface area contributed by atoms with Crippen LogP contribution >= 0.6 is 0 Å². The van der Waals surface area contributed by atoms with Crippen LogP contribution in [0.4, 0.5) is 11.4 Å². The summed E-state index contributed by atoms with van der Waals surface area (Å²) in [5, 5.41) is 22.2. The molecule has 0 saturated heterocycles. The van der Waals surface area contributed by atoms with Gasteiger partial charge in [-0.05, 0) is 36.2 Å². The number of carbonyl (C=O) groups excluding carboxylic acids is 1. The van der Waals surface area contributed by atoms with E-state index in [1.807, 2.05) is 36.4 Å². The van der Waals surface area contributed by atoms with Crippen LogP contribution in [0.3, 0.4) is 0 Å². The first-order valence-electron chi connectivity index (χ1n) is 9.12. The number of aromatic nitrogens is 1. The molecular weight excluding hydrogens is 356 g/mol. The van der Waals surface area contributed by atoms with E-state index in [0.29, 0.717) is 18.2 Å². The van der Waals surface area contributed by atoms with Crippen molar-refractivity contribution in [3.05, 3.63) is 48.5 Å². The summed E-state index contributed by atoms with van der Waals surface area (Å²) in [6, 6.07) is 14.8. The van der Waals surface area contributed by atoms with Gasteiger partial charge in [0, 0.05) is 17.6 Å². The number of hydrogen-bond acceptors (Lipinski definition) is 5. The molecule has 1 heterocycles. The first-order valence-corrected chi connectivity index (χ1v) is 9.12. The second-order valence-corrected chi connectivity index (χ2v) is 6.87. The van der Waals surface area contributed by atoms with Crippen molar-refractivity contribution in [2.45, 2.75) is 20.4 Å². The summed E-state index contributed by atoms with van der Waals surface area (Å²) >= 11 is 0. The highest BCUT2D eigenvalue weighted by Gasteiger charge is 2.17. The number of rotatable bonds is 7. The van der Waals surface area contributed by atoms with Gasteiger partial charge in [0.1, 0.15) is 5.75 Å². The van der Waals surface area contributed by atoms with Gasteiger partial charge in [0.25, 0.3) is 5.91 Å². The maximum Gasteiger partial charge on any atom is 0.283 e. The number of hydrogen-bond donors (Lipinski definition) is 2. The van der Waals surface area contributed by atoms with E-state index in [1.54, 1.807) is 23.8 Å². The van der Waals surface area contributed by atoms with Gasteiger partial charge < -0.3 is 19.7 Å². The van der Waals surface area contributed by atoms with Crippen molar-refractivity contribution in [2.75, 3.05) is 19.0 Å². The fourth-order valence-corrected chi connectivity index (χ4v) is 2.95. The van der Waals surface area contributed by atoms with Crippen LogP contribution in [0.2, 0.25) is 0 Å². The fourth-order valence-electron chi connectivity index (χ4n) is 2.95. The monoisotopic (exact) mass is 380 g/mol. The molecule has 146 valence electrons. The summed E-state index contributed by atoms with van der Waals surface area (Å²) in [5.74, 6) is 0.678. The number of aromatic hydroxyl groups is 1. The molecule has 3 aromatic rings. The number of fused-ring (bicyclic) bond motifs is 1.